The molecule has 102 valence electrons. The van der Waals surface area contributed by atoms with Crippen LogP contribution >= 0.6 is 0 Å². The van der Waals surface area contributed by atoms with Gasteiger partial charge in [-0.15, -0.1) is 0 Å². The third-order valence-corrected chi connectivity index (χ3v) is 4.01. The number of nitrogens with zero attached hydrogens (tertiary/aromatic N) is 3. The highest BCUT2D eigenvalue weighted by Gasteiger charge is 2.20. The molecule has 0 atom stereocenters. The van der Waals surface area contributed by atoms with Crippen LogP contribution in [-0.4, -0.2) is 27.8 Å². The van der Waals surface area contributed by atoms with Crippen molar-refractivity contribution in [3.63, 3.8) is 0 Å². The van der Waals surface area contributed by atoms with Crippen LogP contribution in [0.1, 0.15) is 41.5 Å². The summed E-state index contributed by atoms with van der Waals surface area (Å²) in [4.78, 5) is 4.33. The molecule has 0 amide bonds. The molecule has 0 unspecified atom stereocenters. The fourth-order valence-electron chi connectivity index (χ4n) is 2.82. The first-order valence-electron chi connectivity index (χ1n) is 6.88. The minimum absolute atomic E-state index is 0.615. The zero-order chi connectivity index (χ0) is 13.2. The summed E-state index contributed by atoms with van der Waals surface area (Å²) in [5, 5.41) is 7.43. The first kappa shape index (κ1) is 12.4. The molecule has 1 aliphatic rings. The lowest BCUT2D eigenvalue weighted by molar-refractivity contribution is 0.391. The van der Waals surface area contributed by atoms with Gasteiger partial charge in [0, 0.05) is 23.4 Å². The number of aromatic nitrogens is 3. The highest BCUT2D eigenvalue weighted by Crippen LogP contribution is 2.26. The molecule has 0 saturated carbocycles. The largest absolute Gasteiger partial charge is 0.361 e. The summed E-state index contributed by atoms with van der Waals surface area (Å²) < 4.78 is 7.47. The Hall–Kier alpha value is -1.62. The van der Waals surface area contributed by atoms with Crippen molar-refractivity contribution in [2.75, 3.05) is 13.1 Å². The zero-order valence-corrected chi connectivity index (χ0v) is 11.5. The van der Waals surface area contributed by atoms with E-state index in [2.05, 4.69) is 20.0 Å². The molecule has 1 N–H and O–H groups in total. The molecular weight excluding hydrogens is 240 g/mol. The lowest BCUT2D eigenvalue weighted by Crippen LogP contribution is -2.27. The number of imidazole rings is 1. The molecule has 0 radical (unpaired) electrons. The van der Waals surface area contributed by atoms with Gasteiger partial charge < -0.3 is 14.4 Å². The topological polar surface area (TPSA) is 55.9 Å². The Morgan fingerprint density at radius 3 is 2.84 bits per heavy atom. The number of hydrogen-bond donors (Lipinski definition) is 1. The van der Waals surface area contributed by atoms with Crippen LogP contribution in [0.5, 0.6) is 0 Å². The molecule has 19 heavy (non-hydrogen) atoms. The Balaban J connectivity index is 1.84. The summed E-state index contributed by atoms with van der Waals surface area (Å²) in [6.45, 7) is 6.96. The van der Waals surface area contributed by atoms with Crippen molar-refractivity contribution >= 4 is 0 Å². The van der Waals surface area contributed by atoms with Gasteiger partial charge in [0.15, 0.2) is 0 Å². The third kappa shape index (κ3) is 2.42. The SMILES string of the molecule is Cc1noc(C)c1Cn1cncc1C1CCNCC1. The second-order valence-corrected chi connectivity index (χ2v) is 5.27. The number of hydrogen-bond acceptors (Lipinski definition) is 4. The average Bonchev–Trinajstić information content (AvgIpc) is 3.02. The fraction of sp³-hybridized carbons (Fsp3) is 0.571. The van der Waals surface area contributed by atoms with E-state index in [0.29, 0.717) is 5.92 Å². The van der Waals surface area contributed by atoms with E-state index in [4.69, 9.17) is 4.52 Å². The van der Waals surface area contributed by atoms with E-state index in [1.807, 2.05) is 26.4 Å². The number of rotatable bonds is 3. The molecule has 1 saturated heterocycles. The molecule has 0 aliphatic carbocycles. The molecular formula is C14H20N4O. The highest BCUT2D eigenvalue weighted by molar-refractivity contribution is 5.22. The molecule has 0 spiro atoms. The lowest BCUT2D eigenvalue weighted by Gasteiger charge is -2.23. The highest BCUT2D eigenvalue weighted by atomic mass is 16.5. The second-order valence-electron chi connectivity index (χ2n) is 5.27. The summed E-state index contributed by atoms with van der Waals surface area (Å²) in [5.41, 5.74) is 3.48. The molecule has 1 fully saturated rings. The Bertz CT molecular complexity index is 532. The Kier molecular flexibility index (Phi) is 3.38. The molecule has 3 heterocycles. The monoisotopic (exact) mass is 260 g/mol. The zero-order valence-electron chi connectivity index (χ0n) is 11.5. The van der Waals surface area contributed by atoms with E-state index in [0.717, 1.165) is 31.1 Å². The van der Waals surface area contributed by atoms with Crippen molar-refractivity contribution in [3.05, 3.63) is 35.2 Å². The van der Waals surface area contributed by atoms with Crippen LogP contribution in [0, 0.1) is 13.8 Å². The van der Waals surface area contributed by atoms with Crippen molar-refractivity contribution in [2.24, 2.45) is 0 Å². The Morgan fingerprint density at radius 1 is 1.37 bits per heavy atom. The summed E-state index contributed by atoms with van der Waals surface area (Å²) in [5.74, 6) is 1.52. The quantitative estimate of drug-likeness (QED) is 0.917. The number of nitrogens with one attached hydrogen (secondary N) is 1. The van der Waals surface area contributed by atoms with Gasteiger partial charge in [-0.3, -0.25) is 0 Å². The summed E-state index contributed by atoms with van der Waals surface area (Å²) in [7, 11) is 0. The van der Waals surface area contributed by atoms with Gasteiger partial charge in [-0.1, -0.05) is 5.16 Å². The van der Waals surface area contributed by atoms with E-state index in [-0.39, 0.29) is 0 Å². The van der Waals surface area contributed by atoms with Crippen LogP contribution in [0.15, 0.2) is 17.0 Å². The molecule has 0 aromatic carbocycles. The molecule has 0 bridgehead atoms. The van der Waals surface area contributed by atoms with Gasteiger partial charge in [0.05, 0.1) is 18.6 Å². The van der Waals surface area contributed by atoms with Gasteiger partial charge in [0.25, 0.3) is 0 Å². The van der Waals surface area contributed by atoms with Crippen LogP contribution in [-0.2, 0) is 6.54 Å². The minimum Gasteiger partial charge on any atom is -0.361 e. The predicted molar refractivity (Wildman–Crippen MR) is 72.2 cm³/mol. The van der Waals surface area contributed by atoms with Crippen molar-refractivity contribution in [3.8, 4) is 0 Å². The normalized spacial score (nSPS) is 16.9. The van der Waals surface area contributed by atoms with Crippen molar-refractivity contribution in [2.45, 2.75) is 39.2 Å². The van der Waals surface area contributed by atoms with E-state index < -0.39 is 0 Å². The van der Waals surface area contributed by atoms with E-state index in [1.165, 1.54) is 24.1 Å². The smallest absolute Gasteiger partial charge is 0.138 e. The van der Waals surface area contributed by atoms with E-state index in [1.54, 1.807) is 0 Å². The van der Waals surface area contributed by atoms with Crippen molar-refractivity contribution in [1.29, 1.82) is 0 Å². The molecule has 2 aromatic heterocycles. The Labute approximate surface area is 113 Å². The van der Waals surface area contributed by atoms with Gasteiger partial charge in [-0.25, -0.2) is 4.98 Å². The maximum absolute atomic E-state index is 5.24. The first-order valence-corrected chi connectivity index (χ1v) is 6.88. The van der Waals surface area contributed by atoms with Crippen LogP contribution in [0.25, 0.3) is 0 Å². The maximum atomic E-state index is 5.24. The molecule has 1 aliphatic heterocycles. The van der Waals surface area contributed by atoms with E-state index in [9.17, 15) is 0 Å². The van der Waals surface area contributed by atoms with Gasteiger partial charge in [0.1, 0.15) is 5.76 Å². The summed E-state index contributed by atoms with van der Waals surface area (Å²) >= 11 is 0. The molecule has 5 nitrogen and oxygen atoms in total. The fourth-order valence-corrected chi connectivity index (χ4v) is 2.82. The van der Waals surface area contributed by atoms with Crippen LogP contribution in [0.3, 0.4) is 0 Å². The Morgan fingerprint density at radius 2 is 2.16 bits per heavy atom. The first-order chi connectivity index (χ1) is 9.25. The van der Waals surface area contributed by atoms with Crippen LogP contribution in [0.4, 0.5) is 0 Å². The molecule has 5 heteroatoms. The molecule has 2 aromatic rings. The van der Waals surface area contributed by atoms with Gasteiger partial charge in [-0.05, 0) is 39.8 Å². The van der Waals surface area contributed by atoms with Crippen LogP contribution < -0.4 is 5.32 Å². The predicted octanol–water partition coefficient (Wildman–Crippen LogP) is 2.00. The van der Waals surface area contributed by atoms with E-state index >= 15 is 0 Å². The molecule has 3 rings (SSSR count). The average molecular weight is 260 g/mol. The summed E-state index contributed by atoms with van der Waals surface area (Å²) in [6.07, 6.45) is 6.30. The van der Waals surface area contributed by atoms with Gasteiger partial charge in [0.2, 0.25) is 0 Å². The standard InChI is InChI=1S/C14H20N4O/c1-10-13(11(2)19-17-10)8-18-9-16-7-14(18)12-3-5-15-6-4-12/h7,9,12,15H,3-6,8H2,1-2H3. The lowest BCUT2D eigenvalue weighted by atomic mass is 9.95. The maximum Gasteiger partial charge on any atom is 0.138 e. The second kappa shape index (κ2) is 5.17. The van der Waals surface area contributed by atoms with Gasteiger partial charge in [-0.2, -0.15) is 0 Å². The minimum atomic E-state index is 0.615. The third-order valence-electron chi connectivity index (χ3n) is 4.01. The number of aryl methyl sites for hydroxylation is 2. The van der Waals surface area contributed by atoms with Crippen molar-refractivity contribution < 1.29 is 4.52 Å². The van der Waals surface area contributed by atoms with Crippen molar-refractivity contribution in [1.82, 2.24) is 20.0 Å². The number of piperidine rings is 1. The van der Waals surface area contributed by atoms with Crippen LogP contribution in [0.2, 0.25) is 0 Å². The van der Waals surface area contributed by atoms with Gasteiger partial charge >= 0.3 is 0 Å². The summed E-state index contributed by atoms with van der Waals surface area (Å²) in [6, 6.07) is 0.